The molecule has 0 N–H and O–H groups in total. The number of anilines is 3. The molecule has 0 saturated heterocycles. The first-order valence-corrected chi connectivity index (χ1v) is 24.9. The predicted octanol–water partition coefficient (Wildman–Crippen LogP) is 18.4. The molecule has 10 aromatic rings. The molecule has 0 spiro atoms. The van der Waals surface area contributed by atoms with Gasteiger partial charge >= 0.3 is 0 Å². The normalized spacial score (nSPS) is 13.1. The van der Waals surface area contributed by atoms with Gasteiger partial charge in [-0.15, -0.1) is 0 Å². The highest BCUT2D eigenvalue weighted by atomic mass is 15.1. The minimum absolute atomic E-state index is 0.0991. The standard InChI is InChI=1S/C66H60N2/c1-5-46(2)49-28-25-47(26-29-49)17-9-6-10-18-48-27-41-64-60(43-48)61-44-53(34-42-65(61)68(64)54-21-13-8-14-22-54)52-32-37-56(38-33-52)67(55-35-30-51(31-36-55)50-19-11-7-12-20-50)57-39-40-59-58-23-15-16-24-62(58)66(3,4)63(59)45-57/h7-8,11-16,19-46H,5-6,9-10,17-18H2,1-4H3. The van der Waals surface area contributed by atoms with Crippen LogP contribution in [0.4, 0.5) is 17.1 Å². The van der Waals surface area contributed by atoms with Gasteiger partial charge in [-0.05, 0) is 172 Å². The lowest BCUT2D eigenvalue weighted by Gasteiger charge is -2.28. The SMILES string of the molecule is CCC(C)c1ccc(CCCCCc2ccc3c(c2)c2cc(-c4ccc(N(c5ccc(-c6ccccc6)cc5)c5ccc6c(c5)C(C)(C)c5ccccc5-6)cc4)ccc2n3-c2ccccc2)cc1. The van der Waals surface area contributed by atoms with Crippen molar-refractivity contribution in [2.24, 2.45) is 0 Å². The van der Waals surface area contributed by atoms with Gasteiger partial charge in [0.2, 0.25) is 0 Å². The zero-order valence-corrected chi connectivity index (χ0v) is 39.9. The largest absolute Gasteiger partial charge is 0.310 e. The van der Waals surface area contributed by atoms with E-state index in [1.165, 1.54) is 114 Å². The second-order valence-electron chi connectivity index (χ2n) is 19.6. The van der Waals surface area contributed by atoms with E-state index in [0.29, 0.717) is 5.92 Å². The van der Waals surface area contributed by atoms with Gasteiger partial charge in [-0.1, -0.05) is 174 Å². The van der Waals surface area contributed by atoms with E-state index in [1.807, 2.05) is 0 Å². The van der Waals surface area contributed by atoms with Crippen LogP contribution in [0.5, 0.6) is 0 Å². The van der Waals surface area contributed by atoms with E-state index < -0.39 is 0 Å². The molecule has 2 nitrogen and oxygen atoms in total. The van der Waals surface area contributed by atoms with Gasteiger partial charge in [0.1, 0.15) is 0 Å². The molecule has 1 unspecified atom stereocenters. The predicted molar refractivity (Wildman–Crippen MR) is 290 cm³/mol. The molecule has 2 heteroatoms. The molecule has 1 atom stereocenters. The fraction of sp³-hybridized carbons (Fsp3) is 0.182. The minimum atomic E-state index is -0.0991. The summed E-state index contributed by atoms with van der Waals surface area (Å²) in [4.78, 5) is 2.42. The number of para-hydroxylation sites is 1. The van der Waals surface area contributed by atoms with Crippen molar-refractivity contribution in [3.8, 4) is 39.1 Å². The maximum atomic E-state index is 2.47. The van der Waals surface area contributed by atoms with Crippen LogP contribution in [-0.4, -0.2) is 4.57 Å². The van der Waals surface area contributed by atoms with Crippen LogP contribution in [0.25, 0.3) is 60.9 Å². The van der Waals surface area contributed by atoms with Gasteiger partial charge in [0.25, 0.3) is 0 Å². The molecule has 0 aliphatic heterocycles. The first kappa shape index (κ1) is 43.2. The molecule has 1 aliphatic rings. The number of benzene rings is 9. The second kappa shape index (κ2) is 18.3. The molecular formula is C66H60N2. The van der Waals surface area contributed by atoms with E-state index in [2.05, 4.69) is 249 Å². The number of rotatable bonds is 14. The lowest BCUT2D eigenvalue weighted by molar-refractivity contribution is 0.660. The number of unbranched alkanes of at least 4 members (excludes halogenated alkanes) is 2. The highest BCUT2D eigenvalue weighted by Gasteiger charge is 2.35. The molecule has 0 fully saturated rings. The molecule has 0 saturated carbocycles. The number of aryl methyl sites for hydroxylation is 2. The average molecular weight is 881 g/mol. The van der Waals surface area contributed by atoms with E-state index in [4.69, 9.17) is 0 Å². The van der Waals surface area contributed by atoms with Crippen LogP contribution < -0.4 is 4.90 Å². The summed E-state index contributed by atoms with van der Waals surface area (Å²) >= 11 is 0. The zero-order valence-electron chi connectivity index (χ0n) is 39.9. The van der Waals surface area contributed by atoms with Crippen molar-refractivity contribution in [1.82, 2.24) is 4.57 Å². The Kier molecular flexibility index (Phi) is 11.6. The third-order valence-corrected chi connectivity index (χ3v) is 15.0. The zero-order chi connectivity index (χ0) is 46.2. The third-order valence-electron chi connectivity index (χ3n) is 15.0. The number of aromatic nitrogens is 1. The molecule has 1 aromatic heterocycles. The summed E-state index contributed by atoms with van der Waals surface area (Å²) in [6, 6.07) is 79.2. The van der Waals surface area contributed by atoms with Gasteiger partial charge in [0, 0.05) is 38.9 Å². The van der Waals surface area contributed by atoms with E-state index in [0.717, 1.165) is 29.9 Å². The van der Waals surface area contributed by atoms with Crippen LogP contribution in [0.3, 0.4) is 0 Å². The molecule has 68 heavy (non-hydrogen) atoms. The fourth-order valence-corrected chi connectivity index (χ4v) is 10.9. The smallest absolute Gasteiger partial charge is 0.0541 e. The summed E-state index contributed by atoms with van der Waals surface area (Å²) in [7, 11) is 0. The monoisotopic (exact) mass is 880 g/mol. The Hall–Kier alpha value is -7.42. The average Bonchev–Trinajstić information content (AvgIpc) is 3.84. The van der Waals surface area contributed by atoms with Crippen molar-refractivity contribution < 1.29 is 0 Å². The van der Waals surface area contributed by atoms with Crippen LogP contribution >= 0.6 is 0 Å². The summed E-state index contributed by atoms with van der Waals surface area (Å²) in [5, 5.41) is 2.60. The van der Waals surface area contributed by atoms with Gasteiger partial charge in [-0.3, -0.25) is 0 Å². The molecule has 9 aromatic carbocycles. The lowest BCUT2D eigenvalue weighted by Crippen LogP contribution is -2.16. The lowest BCUT2D eigenvalue weighted by atomic mass is 9.82. The van der Waals surface area contributed by atoms with Crippen molar-refractivity contribution in [3.05, 3.63) is 240 Å². The molecule has 0 radical (unpaired) electrons. The third kappa shape index (κ3) is 8.13. The quantitative estimate of drug-likeness (QED) is 0.0988. The van der Waals surface area contributed by atoms with Crippen LogP contribution in [-0.2, 0) is 18.3 Å². The summed E-state index contributed by atoms with van der Waals surface area (Å²) in [6.07, 6.45) is 7.06. The Bertz CT molecular complexity index is 3360. The maximum absolute atomic E-state index is 2.47. The number of hydrogen-bond acceptors (Lipinski definition) is 1. The Labute approximate surface area is 403 Å². The Morgan fingerprint density at radius 2 is 0.971 bits per heavy atom. The van der Waals surface area contributed by atoms with Crippen molar-refractivity contribution >= 4 is 38.9 Å². The molecule has 11 rings (SSSR count). The number of hydrogen-bond donors (Lipinski definition) is 0. The summed E-state index contributed by atoms with van der Waals surface area (Å²) < 4.78 is 2.44. The fourth-order valence-electron chi connectivity index (χ4n) is 10.9. The highest BCUT2D eigenvalue weighted by molar-refractivity contribution is 6.10. The van der Waals surface area contributed by atoms with E-state index in [-0.39, 0.29) is 5.41 Å². The first-order valence-electron chi connectivity index (χ1n) is 24.9. The van der Waals surface area contributed by atoms with Gasteiger partial charge in [-0.2, -0.15) is 0 Å². The number of fused-ring (bicyclic) bond motifs is 6. The Morgan fingerprint density at radius 3 is 1.66 bits per heavy atom. The van der Waals surface area contributed by atoms with Crippen LogP contribution in [0.2, 0.25) is 0 Å². The maximum Gasteiger partial charge on any atom is 0.0541 e. The first-order chi connectivity index (χ1) is 33.3. The molecule has 1 heterocycles. The van der Waals surface area contributed by atoms with E-state index in [1.54, 1.807) is 0 Å². The minimum Gasteiger partial charge on any atom is -0.310 e. The van der Waals surface area contributed by atoms with Crippen molar-refractivity contribution in [2.75, 3.05) is 4.90 Å². The Morgan fingerprint density at radius 1 is 0.441 bits per heavy atom. The Balaban J connectivity index is 0.907. The number of nitrogens with zero attached hydrogens (tertiary/aromatic N) is 2. The summed E-state index contributed by atoms with van der Waals surface area (Å²) in [6.45, 7) is 9.31. The summed E-state index contributed by atoms with van der Waals surface area (Å²) in [5.41, 5.74) is 21.6. The van der Waals surface area contributed by atoms with E-state index >= 15 is 0 Å². The molecular weight excluding hydrogens is 821 g/mol. The highest BCUT2D eigenvalue weighted by Crippen LogP contribution is 2.51. The molecule has 334 valence electrons. The van der Waals surface area contributed by atoms with Crippen molar-refractivity contribution in [3.63, 3.8) is 0 Å². The second-order valence-corrected chi connectivity index (χ2v) is 19.6. The van der Waals surface area contributed by atoms with Gasteiger partial charge in [0.05, 0.1) is 11.0 Å². The van der Waals surface area contributed by atoms with E-state index in [9.17, 15) is 0 Å². The van der Waals surface area contributed by atoms with Crippen molar-refractivity contribution in [2.45, 2.75) is 77.6 Å². The molecule has 1 aliphatic carbocycles. The van der Waals surface area contributed by atoms with Crippen molar-refractivity contribution in [1.29, 1.82) is 0 Å². The van der Waals surface area contributed by atoms with Gasteiger partial charge in [0.15, 0.2) is 0 Å². The summed E-state index contributed by atoms with van der Waals surface area (Å²) in [5.74, 6) is 0.628. The van der Waals surface area contributed by atoms with Crippen LogP contribution in [0.1, 0.15) is 87.1 Å². The molecule has 0 bridgehead atoms. The van der Waals surface area contributed by atoms with Crippen LogP contribution in [0.15, 0.2) is 212 Å². The van der Waals surface area contributed by atoms with Crippen LogP contribution in [0, 0.1) is 0 Å². The van der Waals surface area contributed by atoms with Gasteiger partial charge in [-0.25, -0.2) is 0 Å². The van der Waals surface area contributed by atoms with Gasteiger partial charge < -0.3 is 9.47 Å². The topological polar surface area (TPSA) is 8.17 Å². The molecule has 0 amide bonds.